The van der Waals surface area contributed by atoms with E-state index in [1.165, 1.54) is 14.0 Å². The molecule has 1 atom stereocenters. The Labute approximate surface area is 174 Å². The van der Waals surface area contributed by atoms with Gasteiger partial charge in [-0.1, -0.05) is 48.5 Å². The number of hydrogen-bond acceptors (Lipinski definition) is 5. The first-order chi connectivity index (χ1) is 14.5. The van der Waals surface area contributed by atoms with Gasteiger partial charge in [-0.15, -0.1) is 0 Å². The SMILES string of the molecule is COc1ccccc1NC(=O)[C@H](C)OC(=O)c1ccccc1-c1ccccc1C#N. The molecule has 0 spiro atoms. The number of nitrogens with one attached hydrogen (secondary N) is 1. The number of methoxy groups -OCH3 is 1. The lowest BCUT2D eigenvalue weighted by Gasteiger charge is -2.16. The van der Waals surface area contributed by atoms with Gasteiger partial charge in [0.05, 0.1) is 30.0 Å². The Morgan fingerprint density at radius 3 is 2.30 bits per heavy atom. The molecule has 0 aliphatic rings. The predicted octanol–water partition coefficient (Wildman–Crippen LogP) is 4.42. The molecule has 6 heteroatoms. The molecule has 0 aliphatic carbocycles. The number of amides is 1. The molecule has 1 N–H and O–H groups in total. The Bertz CT molecular complexity index is 1120. The summed E-state index contributed by atoms with van der Waals surface area (Å²) in [6.07, 6.45) is -1.04. The number of ether oxygens (including phenoxy) is 2. The molecule has 150 valence electrons. The first-order valence-electron chi connectivity index (χ1n) is 9.28. The van der Waals surface area contributed by atoms with Crippen LogP contribution in [-0.4, -0.2) is 25.1 Å². The third kappa shape index (κ3) is 4.47. The lowest BCUT2D eigenvalue weighted by molar-refractivity contribution is -0.123. The number of para-hydroxylation sites is 2. The Kier molecular flexibility index (Phi) is 6.46. The lowest BCUT2D eigenvalue weighted by Crippen LogP contribution is -2.30. The van der Waals surface area contributed by atoms with Gasteiger partial charge in [0.1, 0.15) is 5.75 Å². The minimum atomic E-state index is -1.04. The number of carbonyl (C=O) groups excluding carboxylic acids is 2. The molecule has 0 unspecified atom stereocenters. The van der Waals surface area contributed by atoms with Gasteiger partial charge >= 0.3 is 5.97 Å². The topological polar surface area (TPSA) is 88.4 Å². The molecule has 3 aromatic carbocycles. The van der Waals surface area contributed by atoms with Crippen molar-refractivity contribution in [1.29, 1.82) is 5.26 Å². The zero-order valence-corrected chi connectivity index (χ0v) is 16.6. The highest BCUT2D eigenvalue weighted by atomic mass is 16.5. The molecule has 0 saturated heterocycles. The predicted molar refractivity (Wildman–Crippen MR) is 113 cm³/mol. The molecule has 1 amide bonds. The van der Waals surface area contributed by atoms with Crippen LogP contribution >= 0.6 is 0 Å². The van der Waals surface area contributed by atoms with Crippen LogP contribution in [0.5, 0.6) is 5.75 Å². The van der Waals surface area contributed by atoms with E-state index in [1.54, 1.807) is 72.8 Å². The summed E-state index contributed by atoms with van der Waals surface area (Å²) in [7, 11) is 1.50. The van der Waals surface area contributed by atoms with Gasteiger partial charge in [-0.2, -0.15) is 5.26 Å². The molecular formula is C24H20N2O4. The summed E-state index contributed by atoms with van der Waals surface area (Å²) in [5.41, 5.74) is 2.39. The number of carbonyl (C=O) groups is 2. The fourth-order valence-electron chi connectivity index (χ4n) is 2.97. The standard InChI is InChI=1S/C24H20N2O4/c1-16(23(27)26-21-13-7-8-14-22(21)29-2)30-24(28)20-12-6-5-11-19(20)18-10-4-3-9-17(18)15-25/h3-14,16H,1-2H3,(H,26,27)/t16-/m0/s1. The number of nitrogens with zero attached hydrogens (tertiary/aromatic N) is 1. The van der Waals surface area contributed by atoms with Crippen LogP contribution < -0.4 is 10.1 Å². The van der Waals surface area contributed by atoms with Gasteiger partial charge in [0.2, 0.25) is 0 Å². The quantitative estimate of drug-likeness (QED) is 0.619. The van der Waals surface area contributed by atoms with Gasteiger partial charge in [-0.05, 0) is 36.8 Å². The fourth-order valence-corrected chi connectivity index (χ4v) is 2.97. The lowest BCUT2D eigenvalue weighted by atomic mass is 9.96. The van der Waals surface area contributed by atoms with Crippen molar-refractivity contribution >= 4 is 17.6 Å². The summed E-state index contributed by atoms with van der Waals surface area (Å²) in [6.45, 7) is 1.49. The molecule has 0 fully saturated rings. The average molecular weight is 400 g/mol. The summed E-state index contributed by atoms with van der Waals surface area (Å²) in [6, 6.07) is 22.9. The molecule has 3 aromatic rings. The maximum atomic E-state index is 12.8. The molecule has 6 nitrogen and oxygen atoms in total. The number of anilines is 1. The van der Waals surface area contributed by atoms with Gasteiger partial charge < -0.3 is 14.8 Å². The van der Waals surface area contributed by atoms with E-state index in [9.17, 15) is 14.9 Å². The first kappa shape index (κ1) is 20.6. The normalized spacial score (nSPS) is 11.1. The summed E-state index contributed by atoms with van der Waals surface area (Å²) in [5, 5.41) is 12.1. The molecule has 3 rings (SSSR count). The Morgan fingerprint density at radius 1 is 0.933 bits per heavy atom. The van der Waals surface area contributed by atoms with E-state index in [4.69, 9.17) is 9.47 Å². The first-order valence-corrected chi connectivity index (χ1v) is 9.28. The van der Waals surface area contributed by atoms with Crippen molar-refractivity contribution in [3.8, 4) is 22.9 Å². The van der Waals surface area contributed by atoms with E-state index in [0.717, 1.165) is 0 Å². The van der Waals surface area contributed by atoms with Crippen LogP contribution in [0.3, 0.4) is 0 Å². The van der Waals surface area contributed by atoms with Gasteiger partial charge in [0.15, 0.2) is 6.10 Å². The smallest absolute Gasteiger partial charge is 0.339 e. The van der Waals surface area contributed by atoms with Crippen molar-refractivity contribution in [1.82, 2.24) is 0 Å². The third-order valence-corrected chi connectivity index (χ3v) is 4.50. The van der Waals surface area contributed by atoms with E-state index in [2.05, 4.69) is 11.4 Å². The minimum absolute atomic E-state index is 0.275. The summed E-state index contributed by atoms with van der Waals surface area (Å²) >= 11 is 0. The second-order valence-electron chi connectivity index (χ2n) is 6.44. The van der Waals surface area contributed by atoms with E-state index in [1.807, 2.05) is 0 Å². The summed E-state index contributed by atoms with van der Waals surface area (Å²) in [5.74, 6) is -0.633. The van der Waals surface area contributed by atoms with Crippen molar-refractivity contribution < 1.29 is 19.1 Å². The molecular weight excluding hydrogens is 380 g/mol. The number of nitriles is 1. The molecule has 0 radical (unpaired) electrons. The van der Waals surface area contributed by atoms with Gasteiger partial charge in [-0.3, -0.25) is 4.79 Å². The van der Waals surface area contributed by atoms with Crippen molar-refractivity contribution in [3.05, 3.63) is 83.9 Å². The number of rotatable bonds is 6. The highest BCUT2D eigenvalue weighted by Gasteiger charge is 2.22. The largest absolute Gasteiger partial charge is 0.495 e. The minimum Gasteiger partial charge on any atom is -0.495 e. The maximum Gasteiger partial charge on any atom is 0.339 e. The Morgan fingerprint density at radius 2 is 1.57 bits per heavy atom. The fraction of sp³-hybridized carbons (Fsp3) is 0.125. The molecule has 0 aliphatic heterocycles. The van der Waals surface area contributed by atoms with Gasteiger partial charge in [0.25, 0.3) is 5.91 Å². The van der Waals surface area contributed by atoms with E-state index < -0.39 is 18.0 Å². The molecule has 0 aromatic heterocycles. The molecule has 0 saturated carbocycles. The number of hydrogen-bond donors (Lipinski definition) is 1. The maximum absolute atomic E-state index is 12.8. The van der Waals surface area contributed by atoms with Crippen LogP contribution in [0.1, 0.15) is 22.8 Å². The number of esters is 1. The van der Waals surface area contributed by atoms with Crippen LogP contribution in [-0.2, 0) is 9.53 Å². The van der Waals surface area contributed by atoms with Crippen molar-refractivity contribution in [2.24, 2.45) is 0 Å². The highest BCUT2D eigenvalue weighted by molar-refractivity contribution is 6.01. The molecule has 0 heterocycles. The van der Waals surface area contributed by atoms with Crippen LogP contribution in [0.25, 0.3) is 11.1 Å². The van der Waals surface area contributed by atoms with Crippen molar-refractivity contribution in [2.75, 3.05) is 12.4 Å². The highest BCUT2D eigenvalue weighted by Crippen LogP contribution is 2.28. The second-order valence-corrected chi connectivity index (χ2v) is 6.44. The van der Waals surface area contributed by atoms with Crippen LogP contribution in [0, 0.1) is 11.3 Å². The van der Waals surface area contributed by atoms with Gasteiger partial charge in [0, 0.05) is 5.56 Å². The Hall–Kier alpha value is -4.11. The molecule has 30 heavy (non-hydrogen) atoms. The van der Waals surface area contributed by atoms with Crippen LogP contribution in [0.15, 0.2) is 72.8 Å². The van der Waals surface area contributed by atoms with E-state index in [-0.39, 0.29) is 5.56 Å². The van der Waals surface area contributed by atoms with E-state index in [0.29, 0.717) is 28.1 Å². The van der Waals surface area contributed by atoms with Gasteiger partial charge in [-0.25, -0.2) is 4.79 Å². The second kappa shape index (κ2) is 9.39. The zero-order chi connectivity index (χ0) is 21.5. The monoisotopic (exact) mass is 400 g/mol. The third-order valence-electron chi connectivity index (χ3n) is 4.50. The number of benzene rings is 3. The molecule has 0 bridgehead atoms. The van der Waals surface area contributed by atoms with Crippen molar-refractivity contribution in [2.45, 2.75) is 13.0 Å². The van der Waals surface area contributed by atoms with Crippen molar-refractivity contribution in [3.63, 3.8) is 0 Å². The average Bonchev–Trinajstić information content (AvgIpc) is 2.79. The van der Waals surface area contributed by atoms with Crippen LogP contribution in [0.4, 0.5) is 5.69 Å². The van der Waals surface area contributed by atoms with Crippen LogP contribution in [0.2, 0.25) is 0 Å². The summed E-state index contributed by atoms with van der Waals surface area (Å²) < 4.78 is 10.6. The Balaban J connectivity index is 1.80. The van der Waals surface area contributed by atoms with E-state index >= 15 is 0 Å². The zero-order valence-electron chi connectivity index (χ0n) is 16.6. The summed E-state index contributed by atoms with van der Waals surface area (Å²) in [4.78, 5) is 25.3.